The van der Waals surface area contributed by atoms with E-state index in [0.717, 1.165) is 46.5 Å². The highest BCUT2D eigenvalue weighted by atomic mass is 32.2. The zero-order valence-electron chi connectivity index (χ0n) is 18.9. The second-order valence-corrected chi connectivity index (χ2v) is 8.45. The van der Waals surface area contributed by atoms with E-state index in [9.17, 15) is 4.79 Å². The molecule has 0 radical (unpaired) electrons. The Hall–Kier alpha value is -2.80. The topological polar surface area (TPSA) is 69.0 Å². The van der Waals surface area contributed by atoms with Gasteiger partial charge in [-0.15, -0.1) is 10.2 Å². The number of aromatic nitrogens is 3. The van der Waals surface area contributed by atoms with Crippen molar-refractivity contribution in [2.45, 2.75) is 52.3 Å². The number of hydrogen-bond acceptors (Lipinski definition) is 5. The lowest BCUT2D eigenvalue weighted by atomic mass is 10.0. The van der Waals surface area contributed by atoms with Crippen LogP contribution in [0.2, 0.25) is 0 Å². The number of carbonyl (C=O) groups excluding carboxylic acids is 1. The van der Waals surface area contributed by atoms with Gasteiger partial charge in [-0.05, 0) is 55.0 Å². The molecule has 0 spiro atoms. The average molecular weight is 439 g/mol. The molecule has 1 N–H and O–H groups in total. The van der Waals surface area contributed by atoms with Crippen LogP contribution in [0, 0.1) is 13.8 Å². The van der Waals surface area contributed by atoms with Crippen LogP contribution in [0.4, 0.5) is 5.69 Å². The summed E-state index contributed by atoms with van der Waals surface area (Å²) in [4.78, 5) is 12.6. The molecule has 0 aliphatic carbocycles. The maximum absolute atomic E-state index is 12.6. The third kappa shape index (κ3) is 5.67. The van der Waals surface area contributed by atoms with E-state index >= 15 is 0 Å². The molecule has 0 atom stereocenters. The lowest BCUT2D eigenvalue weighted by Gasteiger charge is -2.14. The first-order valence-electron chi connectivity index (χ1n) is 10.5. The number of nitrogens with zero attached hydrogens (tertiary/aromatic N) is 3. The minimum Gasteiger partial charge on any atom is -0.485 e. The monoisotopic (exact) mass is 438 g/mol. The Morgan fingerprint density at radius 3 is 2.48 bits per heavy atom. The van der Waals surface area contributed by atoms with Gasteiger partial charge in [-0.25, -0.2) is 0 Å². The molecule has 0 unspecified atom stereocenters. The van der Waals surface area contributed by atoms with Crippen LogP contribution >= 0.6 is 11.8 Å². The van der Waals surface area contributed by atoms with Crippen molar-refractivity contribution in [2.75, 3.05) is 11.1 Å². The van der Waals surface area contributed by atoms with Crippen molar-refractivity contribution in [2.24, 2.45) is 7.05 Å². The molecule has 6 nitrogen and oxygen atoms in total. The number of rotatable bonds is 9. The van der Waals surface area contributed by atoms with E-state index in [1.165, 1.54) is 11.8 Å². The molecule has 1 aromatic heterocycles. The summed E-state index contributed by atoms with van der Waals surface area (Å²) in [5, 5.41) is 12.2. The number of ether oxygens (including phenoxy) is 1. The van der Waals surface area contributed by atoms with E-state index < -0.39 is 0 Å². The van der Waals surface area contributed by atoms with Gasteiger partial charge in [0, 0.05) is 12.7 Å². The van der Waals surface area contributed by atoms with Crippen LogP contribution < -0.4 is 10.1 Å². The molecule has 0 saturated carbocycles. The molecule has 0 bridgehead atoms. The van der Waals surface area contributed by atoms with E-state index in [1.807, 2.05) is 43.7 Å². The Kier molecular flexibility index (Phi) is 7.74. The van der Waals surface area contributed by atoms with Crippen molar-refractivity contribution in [3.63, 3.8) is 0 Å². The van der Waals surface area contributed by atoms with Crippen molar-refractivity contribution in [3.8, 4) is 5.75 Å². The van der Waals surface area contributed by atoms with Gasteiger partial charge in [0.25, 0.3) is 0 Å². The number of amides is 1. The molecule has 0 saturated heterocycles. The SMILES string of the molecule is CCc1cccc(CC)c1NC(=O)CSc1nnc(COc2cc(C)ccc2C)n1C. The Morgan fingerprint density at radius 1 is 1.10 bits per heavy atom. The molecule has 7 heteroatoms. The maximum atomic E-state index is 12.6. The van der Waals surface area contributed by atoms with Gasteiger partial charge in [-0.1, -0.05) is 55.9 Å². The number of aryl methyl sites for hydroxylation is 4. The van der Waals surface area contributed by atoms with Crippen LogP contribution in [0.25, 0.3) is 0 Å². The van der Waals surface area contributed by atoms with Crippen molar-refractivity contribution >= 4 is 23.4 Å². The molecule has 0 aliphatic heterocycles. The van der Waals surface area contributed by atoms with Gasteiger partial charge in [-0.3, -0.25) is 4.79 Å². The van der Waals surface area contributed by atoms with E-state index in [1.54, 1.807) is 0 Å². The Balaban J connectivity index is 1.60. The molecule has 31 heavy (non-hydrogen) atoms. The van der Waals surface area contributed by atoms with E-state index in [-0.39, 0.29) is 11.7 Å². The van der Waals surface area contributed by atoms with Gasteiger partial charge in [0.05, 0.1) is 5.75 Å². The standard InChI is InChI=1S/C24H30N4O2S/c1-6-18-9-8-10-19(7-2)23(18)25-22(29)15-31-24-27-26-21(28(24)5)14-30-20-13-16(3)11-12-17(20)4/h8-13H,6-7,14-15H2,1-5H3,(H,25,29). The van der Waals surface area contributed by atoms with Gasteiger partial charge in [0.15, 0.2) is 11.0 Å². The van der Waals surface area contributed by atoms with E-state index in [4.69, 9.17) is 4.74 Å². The summed E-state index contributed by atoms with van der Waals surface area (Å²) in [6.45, 7) is 8.58. The molecule has 1 heterocycles. The fraction of sp³-hybridized carbons (Fsp3) is 0.375. The zero-order chi connectivity index (χ0) is 22.4. The Morgan fingerprint density at radius 2 is 1.81 bits per heavy atom. The number of para-hydroxylation sites is 1. The van der Waals surface area contributed by atoms with Crippen LogP contribution in [-0.2, 0) is 31.3 Å². The van der Waals surface area contributed by atoms with Gasteiger partial charge in [0.1, 0.15) is 12.4 Å². The van der Waals surface area contributed by atoms with Crippen LogP contribution in [0.15, 0.2) is 41.6 Å². The Labute approximate surface area is 188 Å². The molecular weight excluding hydrogens is 408 g/mol. The number of nitrogens with one attached hydrogen (secondary N) is 1. The first-order valence-corrected chi connectivity index (χ1v) is 11.5. The third-order valence-corrected chi connectivity index (χ3v) is 6.24. The predicted octanol–water partition coefficient (Wildman–Crippen LogP) is 4.87. The first kappa shape index (κ1) is 22.9. The molecular formula is C24H30N4O2S. The molecule has 3 rings (SSSR count). The van der Waals surface area contributed by atoms with E-state index in [2.05, 4.69) is 47.6 Å². The fourth-order valence-electron chi connectivity index (χ4n) is 3.31. The summed E-state index contributed by atoms with van der Waals surface area (Å²) in [5.41, 5.74) is 5.48. The number of anilines is 1. The summed E-state index contributed by atoms with van der Waals surface area (Å²) in [6.07, 6.45) is 1.76. The van der Waals surface area contributed by atoms with Crippen molar-refractivity contribution < 1.29 is 9.53 Å². The Bertz CT molecular complexity index is 1040. The molecule has 0 aliphatic rings. The fourth-order valence-corrected chi connectivity index (χ4v) is 4.04. The minimum atomic E-state index is -0.0446. The number of carbonyl (C=O) groups is 1. The van der Waals surface area contributed by atoms with Crippen LogP contribution in [0.3, 0.4) is 0 Å². The molecule has 164 valence electrons. The van der Waals surface area contributed by atoms with Crippen LogP contribution in [0.5, 0.6) is 5.75 Å². The highest BCUT2D eigenvalue weighted by molar-refractivity contribution is 7.99. The summed E-state index contributed by atoms with van der Waals surface area (Å²) in [5.74, 6) is 1.79. The summed E-state index contributed by atoms with van der Waals surface area (Å²) >= 11 is 1.37. The van der Waals surface area contributed by atoms with Gasteiger partial charge >= 0.3 is 0 Å². The second kappa shape index (κ2) is 10.5. The number of benzene rings is 2. The predicted molar refractivity (Wildman–Crippen MR) is 126 cm³/mol. The lowest BCUT2D eigenvalue weighted by Crippen LogP contribution is -2.17. The van der Waals surface area contributed by atoms with Gasteiger partial charge in [-0.2, -0.15) is 0 Å². The average Bonchev–Trinajstić information content (AvgIpc) is 3.12. The number of hydrogen-bond donors (Lipinski definition) is 1. The lowest BCUT2D eigenvalue weighted by molar-refractivity contribution is -0.113. The maximum Gasteiger partial charge on any atom is 0.234 e. The van der Waals surface area contributed by atoms with Gasteiger partial charge in [0.2, 0.25) is 5.91 Å². The third-order valence-electron chi connectivity index (χ3n) is 5.22. The highest BCUT2D eigenvalue weighted by Crippen LogP contribution is 2.24. The smallest absolute Gasteiger partial charge is 0.234 e. The zero-order valence-corrected chi connectivity index (χ0v) is 19.7. The highest BCUT2D eigenvalue weighted by Gasteiger charge is 2.14. The van der Waals surface area contributed by atoms with Gasteiger partial charge < -0.3 is 14.6 Å². The molecule has 0 fully saturated rings. The normalized spacial score (nSPS) is 10.9. The van der Waals surface area contributed by atoms with Crippen molar-refractivity contribution in [3.05, 3.63) is 64.5 Å². The van der Waals surface area contributed by atoms with E-state index in [0.29, 0.717) is 17.6 Å². The van der Waals surface area contributed by atoms with Crippen molar-refractivity contribution in [1.29, 1.82) is 0 Å². The minimum absolute atomic E-state index is 0.0446. The summed E-state index contributed by atoms with van der Waals surface area (Å²) in [6, 6.07) is 12.3. The second-order valence-electron chi connectivity index (χ2n) is 7.51. The molecule has 1 amide bonds. The summed E-state index contributed by atoms with van der Waals surface area (Å²) < 4.78 is 7.82. The quantitative estimate of drug-likeness (QED) is 0.483. The molecule has 3 aromatic rings. The largest absolute Gasteiger partial charge is 0.485 e. The van der Waals surface area contributed by atoms with Crippen molar-refractivity contribution in [1.82, 2.24) is 14.8 Å². The van der Waals surface area contributed by atoms with Crippen LogP contribution in [-0.4, -0.2) is 26.4 Å². The van der Waals surface area contributed by atoms with Crippen LogP contribution in [0.1, 0.15) is 41.9 Å². The molecule has 2 aromatic carbocycles. The number of thioether (sulfide) groups is 1. The summed E-state index contributed by atoms with van der Waals surface area (Å²) in [7, 11) is 1.89. The first-order chi connectivity index (χ1) is 14.9.